The highest BCUT2D eigenvalue weighted by molar-refractivity contribution is 7.90. The Balaban J connectivity index is 1.29. The van der Waals surface area contributed by atoms with E-state index in [1.807, 2.05) is 42.6 Å². The fourth-order valence-electron chi connectivity index (χ4n) is 4.89. The highest BCUT2D eigenvalue weighted by Gasteiger charge is 2.22. The number of hydrogen-bond donors (Lipinski definition) is 1. The molecule has 3 aromatic carbocycles. The van der Waals surface area contributed by atoms with E-state index in [0.717, 1.165) is 71.0 Å². The molecule has 0 amide bonds. The van der Waals surface area contributed by atoms with Crippen LogP contribution in [-0.4, -0.2) is 61.0 Å². The summed E-state index contributed by atoms with van der Waals surface area (Å²) in [5, 5.41) is 9.09. The van der Waals surface area contributed by atoms with Gasteiger partial charge in [0.25, 0.3) is 0 Å². The molecule has 1 aliphatic heterocycles. The van der Waals surface area contributed by atoms with Crippen molar-refractivity contribution in [2.45, 2.75) is 4.90 Å². The van der Waals surface area contributed by atoms with Crippen LogP contribution in [0.3, 0.4) is 0 Å². The van der Waals surface area contributed by atoms with Crippen molar-refractivity contribution >= 4 is 43.8 Å². The van der Waals surface area contributed by atoms with Crippen LogP contribution in [0.2, 0.25) is 5.02 Å². The van der Waals surface area contributed by atoms with E-state index in [-0.39, 0.29) is 0 Å². The SMILES string of the molecule is CS(=O)(=O)c1cccc(N2CCN(c3ncnc4ccc(-c5cn[nH]c5-c5ccc(Cl)cc5)cc34)CC2)c1. The smallest absolute Gasteiger partial charge is 0.175 e. The van der Waals surface area contributed by atoms with Crippen molar-refractivity contribution in [3.05, 3.63) is 84.3 Å². The van der Waals surface area contributed by atoms with Gasteiger partial charge in [0.05, 0.1) is 22.3 Å². The van der Waals surface area contributed by atoms with E-state index in [4.69, 9.17) is 11.6 Å². The Morgan fingerprint density at radius 2 is 1.61 bits per heavy atom. The molecule has 0 bridgehead atoms. The number of hydrogen-bond acceptors (Lipinski definition) is 7. The fourth-order valence-corrected chi connectivity index (χ4v) is 5.68. The molecule has 0 atom stereocenters. The minimum absolute atomic E-state index is 0.337. The Kier molecular flexibility index (Phi) is 6.25. The first-order chi connectivity index (χ1) is 18.4. The third-order valence-electron chi connectivity index (χ3n) is 6.89. The van der Waals surface area contributed by atoms with Crippen LogP contribution in [0.15, 0.2) is 84.1 Å². The van der Waals surface area contributed by atoms with Gasteiger partial charge < -0.3 is 9.80 Å². The minimum Gasteiger partial charge on any atom is -0.368 e. The second-order valence-corrected chi connectivity index (χ2v) is 11.8. The molecule has 0 aliphatic carbocycles. The first kappa shape index (κ1) is 24.4. The summed E-state index contributed by atoms with van der Waals surface area (Å²) in [6, 6.07) is 21.0. The van der Waals surface area contributed by atoms with Gasteiger partial charge in [-0.05, 0) is 48.0 Å². The standard InChI is InChI=1S/C28H25ClN6O2S/c1-38(36,37)23-4-2-3-22(16-23)34-11-13-35(14-12-34)28-24-15-20(7-10-26(24)30-18-31-28)25-17-32-33-27(25)19-5-8-21(29)9-6-19/h2-10,15-18H,11-14H2,1H3,(H,32,33). The van der Waals surface area contributed by atoms with Gasteiger partial charge in [-0.15, -0.1) is 0 Å². The van der Waals surface area contributed by atoms with Gasteiger partial charge in [-0.1, -0.05) is 35.9 Å². The third-order valence-corrected chi connectivity index (χ3v) is 8.25. The number of anilines is 2. The van der Waals surface area contributed by atoms with E-state index in [1.165, 1.54) is 6.26 Å². The van der Waals surface area contributed by atoms with Gasteiger partial charge in [0.15, 0.2) is 9.84 Å². The zero-order chi connectivity index (χ0) is 26.3. The van der Waals surface area contributed by atoms with E-state index in [0.29, 0.717) is 9.92 Å². The molecular formula is C28H25ClN6O2S. The van der Waals surface area contributed by atoms with Crippen molar-refractivity contribution in [2.75, 3.05) is 42.2 Å². The summed E-state index contributed by atoms with van der Waals surface area (Å²) >= 11 is 6.08. The number of rotatable bonds is 5. The first-order valence-corrected chi connectivity index (χ1v) is 14.5. The van der Waals surface area contributed by atoms with Crippen LogP contribution in [0.25, 0.3) is 33.3 Å². The van der Waals surface area contributed by atoms with Crippen LogP contribution in [-0.2, 0) is 9.84 Å². The molecule has 10 heteroatoms. The number of nitrogens with one attached hydrogen (secondary N) is 1. The topological polar surface area (TPSA) is 95.1 Å². The van der Waals surface area contributed by atoms with Crippen molar-refractivity contribution in [1.29, 1.82) is 0 Å². The molecule has 1 saturated heterocycles. The molecule has 1 fully saturated rings. The normalized spacial score (nSPS) is 14.3. The molecule has 192 valence electrons. The lowest BCUT2D eigenvalue weighted by Crippen LogP contribution is -2.47. The predicted molar refractivity (Wildman–Crippen MR) is 152 cm³/mol. The number of H-pyrrole nitrogens is 1. The van der Waals surface area contributed by atoms with Crippen molar-refractivity contribution in [2.24, 2.45) is 0 Å². The number of nitrogens with zero attached hydrogens (tertiary/aromatic N) is 5. The summed E-state index contributed by atoms with van der Waals surface area (Å²) in [5.74, 6) is 0.887. The van der Waals surface area contributed by atoms with Crippen LogP contribution in [0, 0.1) is 0 Å². The zero-order valence-corrected chi connectivity index (χ0v) is 22.2. The van der Waals surface area contributed by atoms with Crippen LogP contribution >= 0.6 is 11.6 Å². The summed E-state index contributed by atoms with van der Waals surface area (Å²) in [4.78, 5) is 14.0. The molecule has 2 aromatic heterocycles. The maximum atomic E-state index is 12.0. The van der Waals surface area contributed by atoms with Gasteiger partial charge in [0.2, 0.25) is 0 Å². The minimum atomic E-state index is -3.25. The summed E-state index contributed by atoms with van der Waals surface area (Å²) in [5.41, 5.74) is 5.71. The van der Waals surface area contributed by atoms with Gasteiger partial charge in [-0.25, -0.2) is 18.4 Å². The average Bonchev–Trinajstić information content (AvgIpc) is 3.43. The van der Waals surface area contributed by atoms with Crippen LogP contribution in [0.1, 0.15) is 0 Å². The number of piperazine rings is 1. The largest absolute Gasteiger partial charge is 0.368 e. The van der Waals surface area contributed by atoms with Gasteiger partial charge in [-0.2, -0.15) is 5.10 Å². The van der Waals surface area contributed by atoms with Crippen LogP contribution in [0.5, 0.6) is 0 Å². The lowest BCUT2D eigenvalue weighted by atomic mass is 10.00. The van der Waals surface area contributed by atoms with Gasteiger partial charge >= 0.3 is 0 Å². The molecule has 3 heterocycles. The van der Waals surface area contributed by atoms with Crippen molar-refractivity contribution in [3.8, 4) is 22.4 Å². The molecule has 0 saturated carbocycles. The molecule has 8 nitrogen and oxygen atoms in total. The van der Waals surface area contributed by atoms with E-state index in [2.05, 4.69) is 42.1 Å². The average molecular weight is 545 g/mol. The van der Waals surface area contributed by atoms with Gasteiger partial charge in [0, 0.05) is 59.7 Å². The Bertz CT molecular complexity index is 1730. The summed E-state index contributed by atoms with van der Waals surface area (Å²) in [6.45, 7) is 3.00. The molecule has 5 aromatic rings. The van der Waals surface area contributed by atoms with Gasteiger partial charge in [0.1, 0.15) is 12.1 Å². The number of fused-ring (bicyclic) bond motifs is 1. The number of sulfone groups is 1. The lowest BCUT2D eigenvalue weighted by Gasteiger charge is -2.37. The second kappa shape index (κ2) is 9.74. The Morgan fingerprint density at radius 1 is 0.868 bits per heavy atom. The summed E-state index contributed by atoms with van der Waals surface area (Å²) < 4.78 is 24.0. The summed E-state index contributed by atoms with van der Waals surface area (Å²) in [6.07, 6.45) is 4.68. The Morgan fingerprint density at radius 3 is 2.37 bits per heavy atom. The number of aromatic amines is 1. The van der Waals surface area contributed by atoms with Gasteiger partial charge in [-0.3, -0.25) is 5.10 Å². The van der Waals surface area contributed by atoms with Crippen LogP contribution < -0.4 is 9.80 Å². The number of benzene rings is 3. The fraction of sp³-hybridized carbons (Fsp3) is 0.179. The van der Waals surface area contributed by atoms with E-state index in [1.54, 1.807) is 24.5 Å². The molecule has 38 heavy (non-hydrogen) atoms. The predicted octanol–water partition coefficient (Wildman–Crippen LogP) is 5.07. The van der Waals surface area contributed by atoms with E-state index in [9.17, 15) is 8.42 Å². The van der Waals surface area contributed by atoms with Crippen molar-refractivity contribution in [3.63, 3.8) is 0 Å². The molecule has 1 N–H and O–H groups in total. The zero-order valence-electron chi connectivity index (χ0n) is 20.7. The first-order valence-electron chi connectivity index (χ1n) is 12.2. The Hall–Kier alpha value is -3.95. The molecule has 6 rings (SSSR count). The second-order valence-electron chi connectivity index (χ2n) is 9.34. The van der Waals surface area contributed by atoms with Crippen molar-refractivity contribution < 1.29 is 8.42 Å². The number of aromatic nitrogens is 4. The maximum absolute atomic E-state index is 12.0. The number of halogens is 1. The molecule has 0 radical (unpaired) electrons. The van der Waals surface area contributed by atoms with E-state index < -0.39 is 9.84 Å². The lowest BCUT2D eigenvalue weighted by molar-refractivity contribution is 0.601. The highest BCUT2D eigenvalue weighted by Crippen LogP contribution is 2.34. The maximum Gasteiger partial charge on any atom is 0.175 e. The molecular weight excluding hydrogens is 520 g/mol. The summed E-state index contributed by atoms with van der Waals surface area (Å²) in [7, 11) is -3.25. The molecule has 0 unspecified atom stereocenters. The van der Waals surface area contributed by atoms with Crippen molar-refractivity contribution in [1.82, 2.24) is 20.2 Å². The Labute approximate surface area is 225 Å². The molecule has 1 aliphatic rings. The third kappa shape index (κ3) is 4.70. The van der Waals surface area contributed by atoms with Crippen LogP contribution in [0.4, 0.5) is 11.5 Å². The highest BCUT2D eigenvalue weighted by atomic mass is 35.5. The monoisotopic (exact) mass is 544 g/mol. The quantitative estimate of drug-likeness (QED) is 0.330. The van der Waals surface area contributed by atoms with E-state index >= 15 is 0 Å². The molecule has 0 spiro atoms.